The molecule has 0 radical (unpaired) electrons. The van der Waals surface area contributed by atoms with E-state index in [1.807, 2.05) is 11.8 Å². The number of para-hydroxylation sites is 1. The van der Waals surface area contributed by atoms with Gasteiger partial charge in [-0.25, -0.2) is 0 Å². The maximum Gasteiger partial charge on any atom is 0.161 e. The molecule has 1 aliphatic rings. The van der Waals surface area contributed by atoms with Crippen LogP contribution in [0.4, 0.5) is 5.69 Å². The summed E-state index contributed by atoms with van der Waals surface area (Å²) >= 11 is 1.82. The first-order valence-electron chi connectivity index (χ1n) is 7.48. The third-order valence-electron chi connectivity index (χ3n) is 3.60. The fourth-order valence-electron chi connectivity index (χ4n) is 2.53. The number of rotatable bonds is 4. The second-order valence-corrected chi connectivity index (χ2v) is 6.39. The molecular weight excluding hydrogens is 276 g/mol. The molecule has 1 aliphatic heterocycles. The molecule has 0 amide bonds. The molecule has 2 aromatic rings. The summed E-state index contributed by atoms with van der Waals surface area (Å²) in [4.78, 5) is 4.66. The molecule has 108 valence electrons. The van der Waals surface area contributed by atoms with Gasteiger partial charge in [-0.15, -0.1) is 0 Å². The van der Waals surface area contributed by atoms with Crippen LogP contribution in [-0.2, 0) is 6.42 Å². The predicted molar refractivity (Wildman–Crippen MR) is 93.1 cm³/mol. The second-order valence-electron chi connectivity index (χ2n) is 5.20. The molecule has 3 rings (SSSR count). The zero-order valence-electron chi connectivity index (χ0n) is 12.3. The highest BCUT2D eigenvalue weighted by atomic mass is 32.2. The highest BCUT2D eigenvalue weighted by Crippen LogP contribution is 2.35. The third kappa shape index (κ3) is 3.48. The van der Waals surface area contributed by atoms with Gasteiger partial charge in [0.2, 0.25) is 0 Å². The second kappa shape index (κ2) is 6.81. The first-order valence-corrected chi connectivity index (χ1v) is 8.35. The van der Waals surface area contributed by atoms with E-state index in [1.165, 1.54) is 16.8 Å². The van der Waals surface area contributed by atoms with Gasteiger partial charge < -0.3 is 5.32 Å². The van der Waals surface area contributed by atoms with E-state index in [4.69, 9.17) is 0 Å². The zero-order chi connectivity index (χ0) is 14.5. The van der Waals surface area contributed by atoms with Crippen molar-refractivity contribution in [3.63, 3.8) is 0 Å². The van der Waals surface area contributed by atoms with Crippen LogP contribution in [0.1, 0.15) is 29.7 Å². The van der Waals surface area contributed by atoms with Crippen LogP contribution >= 0.6 is 11.8 Å². The molecule has 2 aromatic carbocycles. The van der Waals surface area contributed by atoms with Crippen LogP contribution in [0, 0.1) is 0 Å². The lowest BCUT2D eigenvalue weighted by Gasteiger charge is -2.12. The molecule has 0 saturated carbocycles. The van der Waals surface area contributed by atoms with E-state index in [9.17, 15) is 0 Å². The fraction of sp³-hybridized carbons (Fsp3) is 0.278. The summed E-state index contributed by atoms with van der Waals surface area (Å²) in [5, 5.41) is 4.98. The minimum absolute atomic E-state index is 0.437. The number of aryl methyl sites for hydroxylation is 1. The Morgan fingerprint density at radius 3 is 2.67 bits per heavy atom. The van der Waals surface area contributed by atoms with E-state index in [-0.39, 0.29) is 0 Å². The molecule has 1 unspecified atom stereocenters. The first-order chi connectivity index (χ1) is 10.4. The third-order valence-corrected chi connectivity index (χ3v) is 4.76. The predicted octanol–water partition coefficient (Wildman–Crippen LogP) is 4.90. The van der Waals surface area contributed by atoms with Gasteiger partial charge in [0.05, 0.1) is 11.8 Å². The molecule has 0 bridgehead atoms. The number of amidine groups is 1. The Balaban J connectivity index is 1.68. The number of thioether (sulfide) groups is 1. The molecule has 0 spiro atoms. The van der Waals surface area contributed by atoms with E-state index in [0.29, 0.717) is 5.25 Å². The van der Waals surface area contributed by atoms with E-state index in [0.717, 1.165) is 24.6 Å². The lowest BCUT2D eigenvalue weighted by Crippen LogP contribution is -2.07. The van der Waals surface area contributed by atoms with Crippen molar-refractivity contribution < 1.29 is 0 Å². The van der Waals surface area contributed by atoms with Crippen molar-refractivity contribution in [3.05, 3.63) is 65.7 Å². The maximum atomic E-state index is 4.66. The lowest BCUT2D eigenvalue weighted by atomic mass is 10.1. The number of hydrogen-bond donors (Lipinski definition) is 1. The number of benzene rings is 2. The quantitative estimate of drug-likeness (QED) is 0.868. The summed E-state index contributed by atoms with van der Waals surface area (Å²) in [5.74, 6) is 0. The standard InChI is InChI=1S/C18H20N2S/c1-2-8-14-9-6-7-12-16(14)20-18-19-13-17(21-18)15-10-4-3-5-11-15/h3-7,9-12,17H,2,8,13H2,1H3,(H,19,20). The Hall–Kier alpha value is -1.74. The summed E-state index contributed by atoms with van der Waals surface area (Å²) in [6.07, 6.45) is 2.26. The van der Waals surface area contributed by atoms with Gasteiger partial charge in [0.25, 0.3) is 0 Å². The molecule has 0 saturated heterocycles. The van der Waals surface area contributed by atoms with Crippen molar-refractivity contribution in [2.45, 2.75) is 25.0 Å². The van der Waals surface area contributed by atoms with Gasteiger partial charge in [-0.1, -0.05) is 73.6 Å². The highest BCUT2D eigenvalue weighted by molar-refractivity contribution is 8.14. The molecule has 1 N–H and O–H groups in total. The Morgan fingerprint density at radius 1 is 1.10 bits per heavy atom. The summed E-state index contributed by atoms with van der Waals surface area (Å²) in [7, 11) is 0. The van der Waals surface area contributed by atoms with Gasteiger partial charge in [-0.3, -0.25) is 4.99 Å². The molecule has 0 fully saturated rings. The highest BCUT2D eigenvalue weighted by Gasteiger charge is 2.21. The van der Waals surface area contributed by atoms with E-state index < -0.39 is 0 Å². The molecular formula is C18H20N2S. The zero-order valence-corrected chi connectivity index (χ0v) is 13.1. The summed E-state index contributed by atoms with van der Waals surface area (Å²) in [5.41, 5.74) is 3.91. The van der Waals surface area contributed by atoms with Gasteiger partial charge in [0.15, 0.2) is 5.17 Å². The monoisotopic (exact) mass is 296 g/mol. The topological polar surface area (TPSA) is 24.4 Å². The van der Waals surface area contributed by atoms with Gasteiger partial charge in [0, 0.05) is 5.69 Å². The Bertz CT molecular complexity index is 622. The van der Waals surface area contributed by atoms with Crippen LogP contribution in [0.2, 0.25) is 0 Å². The molecule has 3 heteroatoms. The maximum absolute atomic E-state index is 4.66. The van der Waals surface area contributed by atoms with E-state index in [1.54, 1.807) is 0 Å². The van der Waals surface area contributed by atoms with E-state index >= 15 is 0 Å². The number of anilines is 1. The molecule has 2 nitrogen and oxygen atoms in total. The van der Waals surface area contributed by atoms with Crippen molar-refractivity contribution in [2.24, 2.45) is 4.99 Å². The van der Waals surface area contributed by atoms with Crippen LogP contribution in [0.15, 0.2) is 59.6 Å². The van der Waals surface area contributed by atoms with Crippen LogP contribution in [-0.4, -0.2) is 11.7 Å². The lowest BCUT2D eigenvalue weighted by molar-refractivity contribution is 0.924. The molecule has 0 aromatic heterocycles. The van der Waals surface area contributed by atoms with Crippen LogP contribution in [0.3, 0.4) is 0 Å². The molecule has 1 atom stereocenters. The Kier molecular flexibility index (Phi) is 4.61. The van der Waals surface area contributed by atoms with Crippen molar-refractivity contribution in [1.29, 1.82) is 0 Å². The number of aliphatic imine (C=N–C) groups is 1. The number of nitrogens with zero attached hydrogens (tertiary/aromatic N) is 1. The Morgan fingerprint density at radius 2 is 1.86 bits per heavy atom. The summed E-state index contributed by atoms with van der Waals surface area (Å²) < 4.78 is 0. The minimum atomic E-state index is 0.437. The van der Waals surface area contributed by atoms with Gasteiger partial charge in [-0.05, 0) is 23.6 Å². The van der Waals surface area contributed by atoms with Gasteiger partial charge >= 0.3 is 0 Å². The smallest absolute Gasteiger partial charge is 0.161 e. The molecule has 1 heterocycles. The van der Waals surface area contributed by atoms with Crippen molar-refractivity contribution in [1.82, 2.24) is 0 Å². The van der Waals surface area contributed by atoms with Crippen molar-refractivity contribution >= 4 is 22.6 Å². The van der Waals surface area contributed by atoms with Crippen molar-refractivity contribution in [3.8, 4) is 0 Å². The molecule has 0 aliphatic carbocycles. The normalized spacial score (nSPS) is 17.6. The first kappa shape index (κ1) is 14.2. The Labute approximate surface area is 130 Å². The fourth-order valence-corrected chi connectivity index (χ4v) is 3.56. The average Bonchev–Trinajstić information content (AvgIpc) is 2.99. The average molecular weight is 296 g/mol. The van der Waals surface area contributed by atoms with Crippen LogP contribution < -0.4 is 5.32 Å². The van der Waals surface area contributed by atoms with Gasteiger partial charge in [0.1, 0.15) is 0 Å². The van der Waals surface area contributed by atoms with Crippen LogP contribution in [0.25, 0.3) is 0 Å². The summed E-state index contributed by atoms with van der Waals surface area (Å²) in [6, 6.07) is 19.1. The largest absolute Gasteiger partial charge is 0.335 e. The summed E-state index contributed by atoms with van der Waals surface area (Å²) in [6.45, 7) is 3.07. The van der Waals surface area contributed by atoms with Gasteiger partial charge in [-0.2, -0.15) is 0 Å². The number of hydrogen-bond acceptors (Lipinski definition) is 3. The SMILES string of the molecule is CCCc1ccccc1NC1=NCC(c2ccccc2)S1. The molecule has 21 heavy (non-hydrogen) atoms. The number of nitrogens with one attached hydrogen (secondary N) is 1. The van der Waals surface area contributed by atoms with Crippen LogP contribution in [0.5, 0.6) is 0 Å². The van der Waals surface area contributed by atoms with E-state index in [2.05, 4.69) is 71.8 Å². The van der Waals surface area contributed by atoms with Crippen molar-refractivity contribution in [2.75, 3.05) is 11.9 Å². The minimum Gasteiger partial charge on any atom is -0.335 e.